The monoisotopic (exact) mass is 312 g/mol. The Kier molecular flexibility index (Phi) is 5.46. The van der Waals surface area contributed by atoms with Crippen molar-refractivity contribution in [1.82, 2.24) is 10.2 Å². The van der Waals surface area contributed by atoms with E-state index in [-0.39, 0.29) is 5.91 Å². The van der Waals surface area contributed by atoms with Crippen molar-refractivity contribution < 1.29 is 4.79 Å². The average Bonchev–Trinajstić information content (AvgIpc) is 2.48. The van der Waals surface area contributed by atoms with Crippen LogP contribution < -0.4 is 5.32 Å². The van der Waals surface area contributed by atoms with Crippen molar-refractivity contribution in [3.8, 4) is 0 Å². The number of benzene rings is 1. The van der Waals surface area contributed by atoms with E-state index < -0.39 is 0 Å². The zero-order chi connectivity index (χ0) is 14.5. The van der Waals surface area contributed by atoms with Crippen LogP contribution in [-0.2, 0) is 4.79 Å². The molecule has 20 heavy (non-hydrogen) atoms. The molecule has 0 aromatic heterocycles. The first kappa shape index (κ1) is 15.4. The molecule has 5 heteroatoms. The van der Waals surface area contributed by atoms with Gasteiger partial charge in [-0.05, 0) is 55.8 Å². The molecule has 3 nitrogen and oxygen atoms in total. The Morgan fingerprint density at radius 3 is 2.75 bits per heavy atom. The Morgan fingerprint density at radius 1 is 1.35 bits per heavy atom. The van der Waals surface area contributed by atoms with Crippen molar-refractivity contribution in [3.05, 3.63) is 39.9 Å². The number of carbonyl (C=O) groups is 1. The molecule has 1 aromatic carbocycles. The van der Waals surface area contributed by atoms with Crippen LogP contribution in [0.2, 0.25) is 10.0 Å². The van der Waals surface area contributed by atoms with Gasteiger partial charge in [-0.2, -0.15) is 0 Å². The van der Waals surface area contributed by atoms with Crippen molar-refractivity contribution in [2.24, 2.45) is 0 Å². The SMILES string of the molecule is CN(C(=O)C=Cc1cc(Cl)ccc1Cl)C1CCNCC1. The minimum absolute atomic E-state index is 0.00654. The Labute approximate surface area is 129 Å². The molecule has 0 spiro atoms. The largest absolute Gasteiger partial charge is 0.339 e. The Morgan fingerprint density at radius 2 is 2.05 bits per heavy atom. The normalized spacial score (nSPS) is 16.6. The molecule has 1 amide bonds. The van der Waals surface area contributed by atoms with Gasteiger partial charge in [0.15, 0.2) is 0 Å². The van der Waals surface area contributed by atoms with Crippen LogP contribution in [0.5, 0.6) is 0 Å². The standard InChI is InChI=1S/C15H18Cl2N2O/c1-19(13-6-8-18-9-7-13)15(20)5-2-11-10-12(16)3-4-14(11)17/h2-5,10,13,18H,6-9H2,1H3. The van der Waals surface area contributed by atoms with Crippen LogP contribution in [0, 0.1) is 0 Å². The van der Waals surface area contributed by atoms with Gasteiger partial charge in [-0.3, -0.25) is 4.79 Å². The molecule has 108 valence electrons. The van der Waals surface area contributed by atoms with E-state index in [4.69, 9.17) is 23.2 Å². The number of carbonyl (C=O) groups excluding carboxylic acids is 1. The van der Waals surface area contributed by atoms with Gasteiger partial charge in [0.25, 0.3) is 0 Å². The van der Waals surface area contributed by atoms with Gasteiger partial charge < -0.3 is 10.2 Å². The van der Waals surface area contributed by atoms with Crippen molar-refractivity contribution in [2.75, 3.05) is 20.1 Å². The molecule has 0 unspecified atom stereocenters. The maximum atomic E-state index is 12.2. The van der Waals surface area contributed by atoms with Gasteiger partial charge in [0, 0.05) is 29.2 Å². The number of hydrogen-bond acceptors (Lipinski definition) is 2. The van der Waals surface area contributed by atoms with E-state index in [2.05, 4.69) is 5.32 Å². The molecular formula is C15H18Cl2N2O. The summed E-state index contributed by atoms with van der Waals surface area (Å²) in [6.45, 7) is 1.93. The quantitative estimate of drug-likeness (QED) is 0.869. The predicted molar refractivity (Wildman–Crippen MR) is 84.2 cm³/mol. The number of rotatable bonds is 3. The summed E-state index contributed by atoms with van der Waals surface area (Å²) in [6, 6.07) is 5.51. The highest BCUT2D eigenvalue weighted by atomic mass is 35.5. The van der Waals surface area contributed by atoms with Gasteiger partial charge in [0.1, 0.15) is 0 Å². The van der Waals surface area contributed by atoms with Gasteiger partial charge in [-0.15, -0.1) is 0 Å². The van der Waals surface area contributed by atoms with Crippen molar-refractivity contribution >= 4 is 35.2 Å². The second-order valence-corrected chi connectivity index (χ2v) is 5.77. The van der Waals surface area contributed by atoms with Crippen LogP contribution in [0.1, 0.15) is 18.4 Å². The molecule has 0 aliphatic carbocycles. The maximum absolute atomic E-state index is 12.2. The molecule has 0 bridgehead atoms. The Balaban J connectivity index is 2.02. The molecular weight excluding hydrogens is 295 g/mol. The molecule has 0 saturated carbocycles. The highest BCUT2D eigenvalue weighted by molar-refractivity contribution is 6.34. The molecule has 1 aliphatic rings. The lowest BCUT2D eigenvalue weighted by Gasteiger charge is -2.30. The lowest BCUT2D eigenvalue weighted by Crippen LogP contribution is -2.43. The molecule has 1 aliphatic heterocycles. The highest BCUT2D eigenvalue weighted by Gasteiger charge is 2.20. The van der Waals surface area contributed by atoms with Crippen LogP contribution in [0.3, 0.4) is 0 Å². The fourth-order valence-corrected chi connectivity index (χ4v) is 2.66. The van der Waals surface area contributed by atoms with E-state index in [1.807, 2.05) is 7.05 Å². The van der Waals surface area contributed by atoms with Crippen molar-refractivity contribution in [3.63, 3.8) is 0 Å². The van der Waals surface area contributed by atoms with Crippen LogP contribution in [0.25, 0.3) is 6.08 Å². The number of likely N-dealkylation sites (N-methyl/N-ethyl adjacent to an activating group) is 1. The van der Waals surface area contributed by atoms with Gasteiger partial charge >= 0.3 is 0 Å². The summed E-state index contributed by atoms with van der Waals surface area (Å²) < 4.78 is 0. The summed E-state index contributed by atoms with van der Waals surface area (Å²) in [7, 11) is 1.85. The third-order valence-corrected chi connectivity index (χ3v) is 4.15. The summed E-state index contributed by atoms with van der Waals surface area (Å²) in [6.07, 6.45) is 5.26. The van der Waals surface area contributed by atoms with E-state index in [1.54, 1.807) is 35.3 Å². The van der Waals surface area contributed by atoms with E-state index in [0.717, 1.165) is 31.5 Å². The van der Waals surface area contributed by atoms with Crippen LogP contribution in [0.4, 0.5) is 0 Å². The van der Waals surface area contributed by atoms with Crippen LogP contribution >= 0.6 is 23.2 Å². The van der Waals surface area contributed by atoms with Crippen LogP contribution in [0.15, 0.2) is 24.3 Å². The van der Waals surface area contributed by atoms with E-state index in [1.165, 1.54) is 0 Å². The molecule has 1 aromatic rings. The molecule has 1 fully saturated rings. The Bertz CT molecular complexity index is 511. The minimum atomic E-state index is -0.00654. The average molecular weight is 313 g/mol. The summed E-state index contributed by atoms with van der Waals surface area (Å²) in [4.78, 5) is 14.0. The topological polar surface area (TPSA) is 32.3 Å². The number of halogens is 2. The second-order valence-electron chi connectivity index (χ2n) is 4.93. The number of nitrogens with one attached hydrogen (secondary N) is 1. The van der Waals surface area contributed by atoms with E-state index in [0.29, 0.717) is 16.1 Å². The fraction of sp³-hybridized carbons (Fsp3) is 0.400. The predicted octanol–water partition coefficient (Wildman–Crippen LogP) is 3.22. The van der Waals surface area contributed by atoms with Gasteiger partial charge in [0.2, 0.25) is 5.91 Å². The summed E-state index contributed by atoms with van der Waals surface area (Å²) in [5, 5.41) is 4.48. The van der Waals surface area contributed by atoms with E-state index in [9.17, 15) is 4.79 Å². The minimum Gasteiger partial charge on any atom is -0.339 e. The summed E-state index contributed by atoms with van der Waals surface area (Å²) >= 11 is 12.0. The number of hydrogen-bond donors (Lipinski definition) is 1. The van der Waals surface area contributed by atoms with Gasteiger partial charge in [0.05, 0.1) is 0 Å². The highest BCUT2D eigenvalue weighted by Crippen LogP contribution is 2.22. The fourth-order valence-electron chi connectivity index (χ4n) is 2.29. The van der Waals surface area contributed by atoms with Crippen molar-refractivity contribution in [1.29, 1.82) is 0 Å². The lowest BCUT2D eigenvalue weighted by atomic mass is 10.1. The zero-order valence-electron chi connectivity index (χ0n) is 11.4. The second kappa shape index (κ2) is 7.11. The first-order chi connectivity index (χ1) is 9.58. The molecule has 0 atom stereocenters. The third kappa shape index (κ3) is 3.98. The zero-order valence-corrected chi connectivity index (χ0v) is 12.9. The number of piperidine rings is 1. The van der Waals surface area contributed by atoms with Crippen LogP contribution in [-0.4, -0.2) is 37.0 Å². The van der Waals surface area contributed by atoms with Gasteiger partial charge in [-0.1, -0.05) is 23.2 Å². The molecule has 1 saturated heterocycles. The maximum Gasteiger partial charge on any atom is 0.246 e. The molecule has 1 heterocycles. The summed E-state index contributed by atoms with van der Waals surface area (Å²) in [5.74, 6) is -0.00654. The molecule has 0 radical (unpaired) electrons. The van der Waals surface area contributed by atoms with Gasteiger partial charge in [-0.25, -0.2) is 0 Å². The molecule has 1 N–H and O–H groups in total. The lowest BCUT2D eigenvalue weighted by molar-refractivity contribution is -0.127. The summed E-state index contributed by atoms with van der Waals surface area (Å²) in [5.41, 5.74) is 0.756. The first-order valence-electron chi connectivity index (χ1n) is 6.68. The number of amides is 1. The molecule has 2 rings (SSSR count). The number of nitrogens with zero attached hydrogens (tertiary/aromatic N) is 1. The smallest absolute Gasteiger partial charge is 0.246 e. The van der Waals surface area contributed by atoms with Crippen molar-refractivity contribution in [2.45, 2.75) is 18.9 Å². The Hall–Kier alpha value is -1.03. The first-order valence-corrected chi connectivity index (χ1v) is 7.44. The van der Waals surface area contributed by atoms with E-state index >= 15 is 0 Å². The third-order valence-electron chi connectivity index (χ3n) is 3.57.